The largest absolute Gasteiger partial charge is 0.366 e. The minimum absolute atomic E-state index is 0.00900. The lowest BCUT2D eigenvalue weighted by molar-refractivity contribution is -0.139. The summed E-state index contributed by atoms with van der Waals surface area (Å²) < 4.78 is 15.2. The highest BCUT2D eigenvalue weighted by molar-refractivity contribution is 5.87. The normalized spacial score (nSPS) is 23.6. The summed E-state index contributed by atoms with van der Waals surface area (Å²) >= 11 is 0. The van der Waals surface area contributed by atoms with Crippen molar-refractivity contribution < 1.29 is 14.0 Å². The Morgan fingerprint density at radius 1 is 1.29 bits per heavy atom. The number of fused-ring (bicyclic) bond motifs is 1. The number of amides is 2. The summed E-state index contributed by atoms with van der Waals surface area (Å²) in [6.07, 6.45) is 4.27. The molecule has 3 atom stereocenters. The predicted molar refractivity (Wildman–Crippen MR) is 135 cm³/mol. The lowest BCUT2D eigenvalue weighted by atomic mass is 9.77. The summed E-state index contributed by atoms with van der Waals surface area (Å²) in [6, 6.07) is -0.0508. The van der Waals surface area contributed by atoms with Gasteiger partial charge in [-0.25, -0.2) is 9.37 Å². The molecule has 2 amide bonds. The number of nitrogens with one attached hydrogen (secondary N) is 2. The Morgan fingerprint density at radius 3 is 2.69 bits per heavy atom. The van der Waals surface area contributed by atoms with Crippen LogP contribution in [0.4, 0.5) is 16.2 Å². The van der Waals surface area contributed by atoms with Crippen molar-refractivity contribution in [2.24, 2.45) is 17.3 Å². The fraction of sp³-hybridized carbons (Fsp3) is 0.692. The highest BCUT2D eigenvalue weighted by atomic mass is 19.1. The molecular formula is C26H39FN6O2. The molecule has 3 aliphatic rings. The van der Waals surface area contributed by atoms with Crippen molar-refractivity contribution in [3.8, 4) is 0 Å². The molecule has 0 aromatic carbocycles. The third kappa shape index (κ3) is 5.28. The summed E-state index contributed by atoms with van der Waals surface area (Å²) in [5.74, 6) is 2.10. The van der Waals surface area contributed by atoms with E-state index in [1.54, 1.807) is 11.9 Å². The Kier molecular flexibility index (Phi) is 7.33. The van der Waals surface area contributed by atoms with E-state index in [-0.39, 0.29) is 24.4 Å². The van der Waals surface area contributed by atoms with E-state index in [9.17, 15) is 9.59 Å². The first-order valence-corrected chi connectivity index (χ1v) is 12.8. The first-order chi connectivity index (χ1) is 16.6. The molecule has 35 heavy (non-hydrogen) atoms. The van der Waals surface area contributed by atoms with E-state index in [0.29, 0.717) is 43.8 Å². The van der Waals surface area contributed by atoms with Gasteiger partial charge >= 0.3 is 0 Å². The quantitative estimate of drug-likeness (QED) is 0.549. The van der Waals surface area contributed by atoms with Gasteiger partial charge < -0.3 is 20.4 Å². The third-order valence-corrected chi connectivity index (χ3v) is 7.65. The molecule has 2 saturated heterocycles. The fourth-order valence-electron chi connectivity index (χ4n) is 5.69. The lowest BCUT2D eigenvalue weighted by Gasteiger charge is -2.48. The van der Waals surface area contributed by atoms with Gasteiger partial charge in [0.2, 0.25) is 17.8 Å². The number of rotatable bonds is 8. The minimum Gasteiger partial charge on any atom is -0.366 e. The molecule has 2 fully saturated rings. The molecule has 1 aliphatic carbocycles. The average Bonchev–Trinajstić information content (AvgIpc) is 3.14. The number of carbonyl (C=O) groups is 2. The Hall–Kier alpha value is -2.71. The standard InChI is InChI=1S/C26H39FN6O2/c1-6-23(35)33-14-26(15-33)13-32(12-21(26)27)25-30-20-10-17(4)7-8-19(20)24(31-25)29-18(9-16(2)3)11-22(34)28-5/h6,16-18,21H,1,7-15H2,2-5H3,(H,28,34)(H,29,30,31)/t17?,18-,21?/m0/s1. The Bertz CT molecular complexity index is 977. The first kappa shape index (κ1) is 25.4. The number of likely N-dealkylation sites (tertiary alicyclic amines) is 1. The highest BCUT2D eigenvalue weighted by Gasteiger charge is 2.56. The molecule has 3 heterocycles. The lowest BCUT2D eigenvalue weighted by Crippen LogP contribution is -2.62. The second-order valence-electron chi connectivity index (χ2n) is 11.1. The number of hydrogen-bond acceptors (Lipinski definition) is 6. The SMILES string of the molecule is C=CC(=O)N1CC2(C1)CN(c1nc3c(c(N[C@H](CC(=O)NC)CC(C)C)n1)CCC(C)C3)CC2F. The summed E-state index contributed by atoms with van der Waals surface area (Å²) in [6.45, 7) is 11.5. The topological polar surface area (TPSA) is 90.5 Å². The van der Waals surface area contributed by atoms with Crippen LogP contribution < -0.4 is 15.5 Å². The molecule has 1 aromatic heterocycles. The Morgan fingerprint density at radius 2 is 2.03 bits per heavy atom. The third-order valence-electron chi connectivity index (χ3n) is 7.65. The number of anilines is 2. The van der Waals surface area contributed by atoms with E-state index in [1.165, 1.54) is 6.08 Å². The second-order valence-corrected chi connectivity index (χ2v) is 11.1. The summed E-state index contributed by atoms with van der Waals surface area (Å²) in [7, 11) is 1.65. The van der Waals surface area contributed by atoms with Gasteiger partial charge in [-0.3, -0.25) is 9.59 Å². The van der Waals surface area contributed by atoms with Crippen LogP contribution in [0.15, 0.2) is 12.7 Å². The zero-order valence-electron chi connectivity index (χ0n) is 21.4. The van der Waals surface area contributed by atoms with E-state index in [2.05, 4.69) is 38.0 Å². The maximum atomic E-state index is 15.2. The number of nitrogens with zero attached hydrogens (tertiary/aromatic N) is 4. The molecule has 1 aromatic rings. The summed E-state index contributed by atoms with van der Waals surface area (Å²) in [4.78, 5) is 37.5. The molecule has 9 heteroatoms. The molecule has 2 aliphatic heterocycles. The molecule has 8 nitrogen and oxygen atoms in total. The van der Waals surface area contributed by atoms with Gasteiger partial charge in [-0.1, -0.05) is 27.4 Å². The van der Waals surface area contributed by atoms with Crippen molar-refractivity contribution in [3.05, 3.63) is 23.9 Å². The molecule has 0 radical (unpaired) electrons. The van der Waals surface area contributed by atoms with Crippen LogP contribution in [-0.2, 0) is 22.4 Å². The van der Waals surface area contributed by atoms with Gasteiger partial charge in [-0.05, 0) is 43.6 Å². The molecular weight excluding hydrogens is 447 g/mol. The van der Waals surface area contributed by atoms with E-state index >= 15 is 4.39 Å². The average molecular weight is 487 g/mol. The van der Waals surface area contributed by atoms with Gasteiger partial charge in [0.25, 0.3) is 0 Å². The molecule has 192 valence electrons. The zero-order valence-corrected chi connectivity index (χ0v) is 21.4. The molecule has 4 rings (SSSR count). The zero-order chi connectivity index (χ0) is 25.3. The monoisotopic (exact) mass is 486 g/mol. The second kappa shape index (κ2) is 10.1. The van der Waals surface area contributed by atoms with Crippen LogP contribution in [0.25, 0.3) is 0 Å². The van der Waals surface area contributed by atoms with E-state index < -0.39 is 11.6 Å². The van der Waals surface area contributed by atoms with Gasteiger partial charge in [-0.2, -0.15) is 4.98 Å². The molecule has 2 N–H and O–H groups in total. The summed E-state index contributed by atoms with van der Waals surface area (Å²) in [5, 5.41) is 6.30. The van der Waals surface area contributed by atoms with Gasteiger partial charge in [-0.15, -0.1) is 0 Å². The van der Waals surface area contributed by atoms with Crippen LogP contribution in [-0.4, -0.2) is 72.1 Å². The Balaban J connectivity index is 1.60. The number of halogens is 1. The number of aromatic nitrogens is 2. The van der Waals surface area contributed by atoms with Gasteiger partial charge in [0.05, 0.1) is 17.7 Å². The highest BCUT2D eigenvalue weighted by Crippen LogP contribution is 2.43. The maximum Gasteiger partial charge on any atom is 0.245 e. The molecule has 1 spiro atoms. The van der Waals surface area contributed by atoms with Crippen LogP contribution >= 0.6 is 0 Å². The maximum absolute atomic E-state index is 15.2. The predicted octanol–water partition coefficient (Wildman–Crippen LogP) is 2.74. The van der Waals surface area contributed by atoms with E-state index in [4.69, 9.17) is 9.97 Å². The van der Waals surface area contributed by atoms with Crippen LogP contribution in [0.3, 0.4) is 0 Å². The van der Waals surface area contributed by atoms with Crippen molar-refractivity contribution in [2.75, 3.05) is 43.4 Å². The number of alkyl halides is 1. The molecule has 0 bridgehead atoms. The van der Waals surface area contributed by atoms with Crippen LogP contribution in [0.2, 0.25) is 0 Å². The van der Waals surface area contributed by atoms with E-state index in [0.717, 1.165) is 42.8 Å². The van der Waals surface area contributed by atoms with Crippen molar-refractivity contribution in [3.63, 3.8) is 0 Å². The van der Waals surface area contributed by atoms with Gasteiger partial charge in [0.15, 0.2) is 0 Å². The Labute approximate surface area is 207 Å². The van der Waals surface area contributed by atoms with Crippen LogP contribution in [0.5, 0.6) is 0 Å². The smallest absolute Gasteiger partial charge is 0.245 e. The van der Waals surface area contributed by atoms with Crippen LogP contribution in [0.1, 0.15) is 51.3 Å². The number of hydrogen-bond donors (Lipinski definition) is 2. The van der Waals surface area contributed by atoms with Crippen molar-refractivity contribution >= 4 is 23.6 Å². The first-order valence-electron chi connectivity index (χ1n) is 12.8. The van der Waals surface area contributed by atoms with Crippen molar-refractivity contribution in [1.82, 2.24) is 20.2 Å². The van der Waals surface area contributed by atoms with Crippen molar-refractivity contribution in [2.45, 2.75) is 65.1 Å². The fourth-order valence-corrected chi connectivity index (χ4v) is 5.69. The van der Waals surface area contributed by atoms with Gasteiger partial charge in [0, 0.05) is 44.7 Å². The minimum atomic E-state index is -1.05. The molecule has 0 saturated carbocycles. The van der Waals surface area contributed by atoms with Crippen LogP contribution in [0, 0.1) is 17.3 Å². The van der Waals surface area contributed by atoms with Gasteiger partial charge in [0.1, 0.15) is 12.0 Å². The van der Waals surface area contributed by atoms with E-state index in [1.807, 2.05) is 4.90 Å². The molecule has 2 unspecified atom stereocenters. The van der Waals surface area contributed by atoms with Crippen molar-refractivity contribution in [1.29, 1.82) is 0 Å². The number of carbonyl (C=O) groups excluding carboxylic acids is 2. The summed E-state index contributed by atoms with van der Waals surface area (Å²) in [5.41, 5.74) is 1.57.